The van der Waals surface area contributed by atoms with Gasteiger partial charge in [0.25, 0.3) is 0 Å². The molecule has 0 amide bonds. The van der Waals surface area contributed by atoms with Crippen molar-refractivity contribution >= 4 is 32.7 Å². The van der Waals surface area contributed by atoms with Gasteiger partial charge in [-0.2, -0.15) is 0 Å². The largest absolute Gasteiger partial charge is 0.494 e. The molecule has 1 atom stereocenters. The molecule has 2 aromatic carbocycles. The molecule has 130 valence electrons. The molecule has 0 aliphatic heterocycles. The number of pyridine rings is 1. The van der Waals surface area contributed by atoms with E-state index in [0.717, 1.165) is 39.7 Å². The van der Waals surface area contributed by atoms with Crippen LogP contribution in [0.2, 0.25) is 0 Å². The third-order valence-electron chi connectivity index (χ3n) is 3.87. The number of rotatable bonds is 7. The number of hydrogen-bond acceptors (Lipinski definition) is 4. The number of benzene rings is 2. The van der Waals surface area contributed by atoms with Gasteiger partial charge in [0.05, 0.1) is 12.7 Å². The van der Waals surface area contributed by atoms with Crippen LogP contribution in [0, 0.1) is 0 Å². The van der Waals surface area contributed by atoms with Crippen molar-refractivity contribution in [3.05, 3.63) is 59.1 Å². The molecule has 0 bridgehead atoms. The molecule has 0 fully saturated rings. The molecule has 1 heterocycles. The molecule has 4 nitrogen and oxygen atoms in total. The van der Waals surface area contributed by atoms with Crippen molar-refractivity contribution in [1.82, 2.24) is 4.98 Å². The fourth-order valence-electron chi connectivity index (χ4n) is 2.60. The Hall–Kier alpha value is -2.27. The van der Waals surface area contributed by atoms with E-state index >= 15 is 0 Å². The first-order chi connectivity index (χ1) is 12.1. The smallest absolute Gasteiger partial charge is 0.146 e. The van der Waals surface area contributed by atoms with Crippen LogP contribution in [0.25, 0.3) is 10.9 Å². The normalized spacial score (nSPS) is 12.1. The van der Waals surface area contributed by atoms with Crippen LogP contribution in [-0.2, 0) is 0 Å². The number of ether oxygens (including phenoxy) is 2. The van der Waals surface area contributed by atoms with Crippen molar-refractivity contribution in [3.8, 4) is 11.5 Å². The summed E-state index contributed by atoms with van der Waals surface area (Å²) in [7, 11) is 0. The van der Waals surface area contributed by atoms with E-state index in [1.807, 2.05) is 48.5 Å². The van der Waals surface area contributed by atoms with Gasteiger partial charge in [0.15, 0.2) is 0 Å². The van der Waals surface area contributed by atoms with Crippen LogP contribution in [0.15, 0.2) is 59.1 Å². The SMILES string of the molecule is CC(CCCOc1ccc(Br)cc1)Oc1cccc2ccc(N)nc12. The second-order valence-electron chi connectivity index (χ2n) is 5.94. The maximum Gasteiger partial charge on any atom is 0.146 e. The average Bonchev–Trinajstić information content (AvgIpc) is 2.61. The number of nitrogens with zero attached hydrogens (tertiary/aromatic N) is 1. The Morgan fingerprint density at radius 3 is 2.68 bits per heavy atom. The molecule has 3 aromatic rings. The first-order valence-electron chi connectivity index (χ1n) is 8.32. The van der Waals surface area contributed by atoms with Crippen LogP contribution in [-0.4, -0.2) is 17.7 Å². The molecule has 5 heteroatoms. The van der Waals surface area contributed by atoms with Gasteiger partial charge in [-0.3, -0.25) is 0 Å². The number of anilines is 1. The average molecular weight is 401 g/mol. The van der Waals surface area contributed by atoms with Crippen molar-refractivity contribution in [3.63, 3.8) is 0 Å². The van der Waals surface area contributed by atoms with E-state index in [9.17, 15) is 0 Å². The topological polar surface area (TPSA) is 57.4 Å². The summed E-state index contributed by atoms with van der Waals surface area (Å²) in [5.41, 5.74) is 6.61. The second kappa shape index (κ2) is 8.21. The molecule has 0 spiro atoms. The predicted octanol–water partition coefficient (Wildman–Crippen LogP) is 5.21. The molecule has 0 aliphatic carbocycles. The molecule has 0 saturated carbocycles. The molecule has 25 heavy (non-hydrogen) atoms. The van der Waals surface area contributed by atoms with E-state index in [-0.39, 0.29) is 6.10 Å². The summed E-state index contributed by atoms with van der Waals surface area (Å²) in [6.07, 6.45) is 1.88. The van der Waals surface area contributed by atoms with E-state index in [1.54, 1.807) is 6.07 Å². The molecule has 1 unspecified atom stereocenters. The minimum absolute atomic E-state index is 0.0716. The molecular weight excluding hydrogens is 380 g/mol. The minimum atomic E-state index is 0.0716. The summed E-state index contributed by atoms with van der Waals surface area (Å²) in [5.74, 6) is 2.15. The van der Waals surface area contributed by atoms with E-state index in [4.69, 9.17) is 15.2 Å². The zero-order chi connectivity index (χ0) is 17.6. The van der Waals surface area contributed by atoms with Gasteiger partial charge in [0.1, 0.15) is 22.8 Å². The number of fused-ring (bicyclic) bond motifs is 1. The zero-order valence-corrected chi connectivity index (χ0v) is 15.7. The van der Waals surface area contributed by atoms with Crippen molar-refractivity contribution in [2.75, 3.05) is 12.3 Å². The highest BCUT2D eigenvalue weighted by atomic mass is 79.9. The third-order valence-corrected chi connectivity index (χ3v) is 4.40. The standard InChI is InChI=1S/C20H21BrN2O2/c1-14(4-3-13-24-17-10-8-16(21)9-11-17)25-18-6-2-5-15-7-12-19(22)23-20(15)18/h2,5-12,14H,3-4,13H2,1H3,(H2,22,23). The maximum absolute atomic E-state index is 6.07. The zero-order valence-electron chi connectivity index (χ0n) is 14.1. The molecule has 1 aromatic heterocycles. The van der Waals surface area contributed by atoms with Crippen LogP contribution < -0.4 is 15.2 Å². The number of para-hydroxylation sites is 1. The van der Waals surface area contributed by atoms with Gasteiger partial charge >= 0.3 is 0 Å². The first kappa shape index (κ1) is 17.5. The summed E-state index contributed by atoms with van der Waals surface area (Å²) in [4.78, 5) is 4.40. The Morgan fingerprint density at radius 2 is 1.88 bits per heavy atom. The number of hydrogen-bond donors (Lipinski definition) is 1. The van der Waals surface area contributed by atoms with Gasteiger partial charge in [0.2, 0.25) is 0 Å². The molecule has 3 rings (SSSR count). The third kappa shape index (κ3) is 4.86. The van der Waals surface area contributed by atoms with E-state index < -0.39 is 0 Å². The fraction of sp³-hybridized carbons (Fsp3) is 0.250. The first-order valence-corrected chi connectivity index (χ1v) is 9.11. The Morgan fingerprint density at radius 1 is 1.08 bits per heavy atom. The number of halogens is 1. The van der Waals surface area contributed by atoms with Gasteiger partial charge in [-0.15, -0.1) is 0 Å². The fourth-order valence-corrected chi connectivity index (χ4v) is 2.86. The summed E-state index contributed by atoms with van der Waals surface area (Å²) in [5, 5.41) is 1.03. The summed E-state index contributed by atoms with van der Waals surface area (Å²) in [6.45, 7) is 2.72. The highest BCUT2D eigenvalue weighted by molar-refractivity contribution is 9.10. The molecular formula is C20H21BrN2O2. The highest BCUT2D eigenvalue weighted by Gasteiger charge is 2.09. The summed E-state index contributed by atoms with van der Waals surface area (Å²) >= 11 is 3.41. The van der Waals surface area contributed by atoms with Crippen molar-refractivity contribution in [2.45, 2.75) is 25.9 Å². The van der Waals surface area contributed by atoms with Gasteiger partial charge in [-0.05, 0) is 62.2 Å². The highest BCUT2D eigenvalue weighted by Crippen LogP contribution is 2.26. The van der Waals surface area contributed by atoms with Crippen molar-refractivity contribution < 1.29 is 9.47 Å². The van der Waals surface area contributed by atoms with Crippen LogP contribution in [0.4, 0.5) is 5.82 Å². The lowest BCUT2D eigenvalue weighted by Crippen LogP contribution is -2.13. The quantitative estimate of drug-likeness (QED) is 0.553. The number of nitrogens with two attached hydrogens (primary N) is 1. The van der Waals surface area contributed by atoms with Crippen LogP contribution in [0.1, 0.15) is 19.8 Å². The minimum Gasteiger partial charge on any atom is -0.494 e. The number of nitrogen functional groups attached to an aromatic ring is 1. The van der Waals surface area contributed by atoms with Crippen LogP contribution in [0.3, 0.4) is 0 Å². The van der Waals surface area contributed by atoms with E-state index in [0.29, 0.717) is 12.4 Å². The molecule has 0 aliphatic rings. The Labute approximate surface area is 156 Å². The van der Waals surface area contributed by atoms with Crippen molar-refractivity contribution in [2.24, 2.45) is 0 Å². The maximum atomic E-state index is 6.07. The van der Waals surface area contributed by atoms with E-state index in [1.165, 1.54) is 0 Å². The van der Waals surface area contributed by atoms with E-state index in [2.05, 4.69) is 27.8 Å². The lowest BCUT2D eigenvalue weighted by atomic mass is 10.2. The number of aromatic nitrogens is 1. The Balaban J connectivity index is 1.52. The van der Waals surface area contributed by atoms with Gasteiger partial charge in [-0.1, -0.05) is 28.1 Å². The van der Waals surface area contributed by atoms with Gasteiger partial charge in [0, 0.05) is 9.86 Å². The van der Waals surface area contributed by atoms with Crippen LogP contribution >= 0.6 is 15.9 Å². The van der Waals surface area contributed by atoms with Gasteiger partial charge < -0.3 is 15.2 Å². The second-order valence-corrected chi connectivity index (χ2v) is 6.85. The summed E-state index contributed by atoms with van der Waals surface area (Å²) in [6, 6.07) is 17.5. The van der Waals surface area contributed by atoms with Crippen molar-refractivity contribution in [1.29, 1.82) is 0 Å². The van der Waals surface area contributed by atoms with Crippen LogP contribution in [0.5, 0.6) is 11.5 Å². The predicted molar refractivity (Wildman–Crippen MR) is 105 cm³/mol. The van der Waals surface area contributed by atoms with Gasteiger partial charge in [-0.25, -0.2) is 4.98 Å². The Bertz CT molecular complexity index is 837. The monoisotopic (exact) mass is 400 g/mol. The lowest BCUT2D eigenvalue weighted by Gasteiger charge is -2.16. The lowest BCUT2D eigenvalue weighted by molar-refractivity contribution is 0.195. The Kier molecular flexibility index (Phi) is 5.76. The molecule has 0 radical (unpaired) electrons. The summed E-state index contributed by atoms with van der Waals surface area (Å²) < 4.78 is 12.9. The molecule has 2 N–H and O–H groups in total. The molecule has 0 saturated heterocycles.